The Hall–Kier alpha value is -1.43. The number of anilines is 1. The van der Waals surface area contributed by atoms with Crippen molar-refractivity contribution < 1.29 is 4.92 Å². The van der Waals surface area contributed by atoms with Crippen LogP contribution in [0.5, 0.6) is 0 Å². The first-order valence-corrected chi connectivity index (χ1v) is 6.30. The zero-order valence-corrected chi connectivity index (χ0v) is 11.1. The van der Waals surface area contributed by atoms with Crippen LogP contribution >= 0.6 is 11.6 Å². The second-order valence-electron chi connectivity index (χ2n) is 4.76. The fraction of sp³-hybridized carbons (Fsp3) is 0.636. The molecule has 18 heavy (non-hydrogen) atoms. The Kier molecular flexibility index (Phi) is 3.65. The largest absolute Gasteiger partial charge is 0.362 e. The third kappa shape index (κ3) is 3.07. The summed E-state index contributed by atoms with van der Waals surface area (Å²) < 4.78 is 0. The van der Waals surface area contributed by atoms with E-state index in [9.17, 15) is 10.1 Å². The van der Waals surface area contributed by atoms with Gasteiger partial charge in [0.15, 0.2) is 0 Å². The Balaban J connectivity index is 2.21. The number of hydrogen-bond acceptors (Lipinski definition) is 5. The van der Waals surface area contributed by atoms with Crippen LogP contribution in [0.25, 0.3) is 0 Å². The lowest BCUT2D eigenvalue weighted by Gasteiger charge is -2.14. The van der Waals surface area contributed by atoms with E-state index in [4.69, 9.17) is 11.6 Å². The highest BCUT2D eigenvalue weighted by molar-refractivity contribution is 6.28. The minimum atomic E-state index is -0.474. The third-order valence-electron chi connectivity index (χ3n) is 2.98. The van der Waals surface area contributed by atoms with Gasteiger partial charge in [-0.2, -0.15) is 4.98 Å². The molecule has 0 radical (unpaired) electrons. The standard InChI is InChI=1S/C11H15ClN4O2/c1-6(5-8-3-4-8)13-10-9(16(17)18)7(2)14-11(12)15-10/h6,8H,3-5H2,1-2H3,(H,13,14,15). The van der Waals surface area contributed by atoms with Crippen LogP contribution < -0.4 is 5.32 Å². The van der Waals surface area contributed by atoms with E-state index >= 15 is 0 Å². The average molecular weight is 271 g/mol. The minimum absolute atomic E-state index is 0.0271. The molecule has 0 aliphatic heterocycles. The van der Waals surface area contributed by atoms with Crippen molar-refractivity contribution in [2.75, 3.05) is 5.32 Å². The van der Waals surface area contributed by atoms with Gasteiger partial charge in [-0.15, -0.1) is 0 Å². The fourth-order valence-corrected chi connectivity index (χ4v) is 2.21. The summed E-state index contributed by atoms with van der Waals surface area (Å²) >= 11 is 5.74. The first-order chi connectivity index (χ1) is 8.47. The SMILES string of the molecule is Cc1nc(Cl)nc(NC(C)CC2CC2)c1[N+](=O)[O-]. The molecule has 1 aromatic heterocycles. The lowest BCUT2D eigenvalue weighted by Crippen LogP contribution is -2.18. The van der Waals surface area contributed by atoms with Gasteiger partial charge < -0.3 is 5.32 Å². The molecule has 0 bridgehead atoms. The van der Waals surface area contributed by atoms with E-state index in [2.05, 4.69) is 15.3 Å². The van der Waals surface area contributed by atoms with Gasteiger partial charge in [0.25, 0.3) is 0 Å². The van der Waals surface area contributed by atoms with Gasteiger partial charge in [-0.05, 0) is 37.8 Å². The van der Waals surface area contributed by atoms with Crippen molar-refractivity contribution >= 4 is 23.1 Å². The van der Waals surface area contributed by atoms with Crippen LogP contribution in [0.4, 0.5) is 11.5 Å². The van der Waals surface area contributed by atoms with Crippen LogP contribution in [0.2, 0.25) is 5.28 Å². The van der Waals surface area contributed by atoms with Crippen LogP contribution in [0.15, 0.2) is 0 Å². The van der Waals surface area contributed by atoms with E-state index in [1.165, 1.54) is 12.8 Å². The predicted molar refractivity (Wildman–Crippen MR) is 68.9 cm³/mol. The highest BCUT2D eigenvalue weighted by Gasteiger charge is 2.26. The number of nitrogens with zero attached hydrogens (tertiary/aromatic N) is 3. The fourth-order valence-electron chi connectivity index (χ4n) is 2.00. The van der Waals surface area contributed by atoms with Crippen LogP contribution in [-0.4, -0.2) is 20.9 Å². The highest BCUT2D eigenvalue weighted by atomic mass is 35.5. The number of aryl methyl sites for hydroxylation is 1. The first kappa shape index (κ1) is 13.0. The summed E-state index contributed by atoms with van der Waals surface area (Å²) in [4.78, 5) is 18.3. The lowest BCUT2D eigenvalue weighted by atomic mass is 10.1. The van der Waals surface area contributed by atoms with Crippen molar-refractivity contribution in [1.29, 1.82) is 0 Å². The van der Waals surface area contributed by atoms with Gasteiger partial charge in [-0.25, -0.2) is 4.98 Å². The summed E-state index contributed by atoms with van der Waals surface area (Å²) in [6.07, 6.45) is 3.49. The van der Waals surface area contributed by atoms with Gasteiger partial charge in [-0.3, -0.25) is 10.1 Å². The maximum Gasteiger partial charge on any atom is 0.332 e. The topological polar surface area (TPSA) is 81.0 Å². The molecule has 0 amide bonds. The number of halogens is 1. The molecule has 0 saturated heterocycles. The van der Waals surface area contributed by atoms with Gasteiger partial charge in [0, 0.05) is 6.04 Å². The number of nitro groups is 1. The molecule has 1 aromatic rings. The molecule has 1 atom stereocenters. The van der Waals surface area contributed by atoms with Crippen molar-refractivity contribution in [2.45, 2.75) is 39.2 Å². The van der Waals surface area contributed by atoms with Crippen molar-refractivity contribution in [3.63, 3.8) is 0 Å². The Morgan fingerprint density at radius 1 is 1.56 bits per heavy atom. The molecule has 1 unspecified atom stereocenters. The molecular formula is C11H15ClN4O2. The summed E-state index contributed by atoms with van der Waals surface area (Å²) in [7, 11) is 0. The molecule has 1 fully saturated rings. The third-order valence-corrected chi connectivity index (χ3v) is 3.15. The number of hydrogen-bond donors (Lipinski definition) is 1. The second kappa shape index (κ2) is 5.06. The van der Waals surface area contributed by atoms with E-state index in [0.717, 1.165) is 12.3 Å². The van der Waals surface area contributed by atoms with Crippen LogP contribution in [0.3, 0.4) is 0 Å². The number of rotatable bonds is 5. The molecule has 7 heteroatoms. The second-order valence-corrected chi connectivity index (χ2v) is 5.09. The summed E-state index contributed by atoms with van der Waals surface area (Å²) in [6.45, 7) is 3.55. The summed E-state index contributed by atoms with van der Waals surface area (Å²) in [5.74, 6) is 0.954. The molecule has 2 rings (SSSR count). The van der Waals surface area contributed by atoms with Gasteiger partial charge >= 0.3 is 5.69 Å². The Bertz CT molecular complexity index is 476. The minimum Gasteiger partial charge on any atom is -0.362 e. The summed E-state index contributed by atoms with van der Waals surface area (Å²) in [6, 6.07) is 0.140. The highest BCUT2D eigenvalue weighted by Crippen LogP contribution is 2.35. The zero-order valence-electron chi connectivity index (χ0n) is 10.3. The Morgan fingerprint density at radius 2 is 2.22 bits per heavy atom. The number of aromatic nitrogens is 2. The van der Waals surface area contributed by atoms with E-state index in [1.54, 1.807) is 6.92 Å². The van der Waals surface area contributed by atoms with Gasteiger partial charge in [0.1, 0.15) is 5.69 Å². The van der Waals surface area contributed by atoms with E-state index in [0.29, 0.717) is 0 Å². The molecule has 0 aromatic carbocycles. The molecule has 98 valence electrons. The normalized spacial score (nSPS) is 16.4. The molecule has 1 heterocycles. The maximum atomic E-state index is 11.0. The Morgan fingerprint density at radius 3 is 2.78 bits per heavy atom. The predicted octanol–water partition coefficient (Wildman–Crippen LogP) is 2.95. The Labute approximate surface area is 110 Å². The molecule has 1 aliphatic carbocycles. The molecule has 1 aliphatic rings. The van der Waals surface area contributed by atoms with Gasteiger partial charge in [0.2, 0.25) is 11.1 Å². The quantitative estimate of drug-likeness (QED) is 0.505. The van der Waals surface area contributed by atoms with Gasteiger partial charge in [0.05, 0.1) is 4.92 Å². The molecule has 1 saturated carbocycles. The first-order valence-electron chi connectivity index (χ1n) is 5.92. The molecule has 6 nitrogen and oxygen atoms in total. The van der Waals surface area contributed by atoms with Crippen molar-refractivity contribution in [2.24, 2.45) is 5.92 Å². The van der Waals surface area contributed by atoms with Crippen LogP contribution in [0, 0.1) is 23.0 Å². The van der Waals surface area contributed by atoms with Crippen molar-refractivity contribution in [1.82, 2.24) is 9.97 Å². The molecule has 1 N–H and O–H groups in total. The zero-order chi connectivity index (χ0) is 13.3. The van der Waals surface area contributed by atoms with Crippen molar-refractivity contribution in [3.8, 4) is 0 Å². The van der Waals surface area contributed by atoms with Gasteiger partial charge in [-0.1, -0.05) is 12.8 Å². The average Bonchev–Trinajstić information content (AvgIpc) is 2.98. The molecule has 0 spiro atoms. The lowest BCUT2D eigenvalue weighted by molar-refractivity contribution is -0.385. The summed E-state index contributed by atoms with van der Waals surface area (Å²) in [5, 5.41) is 14.1. The maximum absolute atomic E-state index is 11.0. The smallest absolute Gasteiger partial charge is 0.332 e. The van der Waals surface area contributed by atoms with Crippen LogP contribution in [0.1, 0.15) is 31.9 Å². The van der Waals surface area contributed by atoms with E-state index < -0.39 is 4.92 Å². The van der Waals surface area contributed by atoms with E-state index in [-0.39, 0.29) is 28.5 Å². The summed E-state index contributed by atoms with van der Waals surface area (Å²) in [5.41, 5.74) is 0.183. The van der Waals surface area contributed by atoms with Crippen molar-refractivity contribution in [3.05, 3.63) is 21.1 Å². The molecular weight excluding hydrogens is 256 g/mol. The monoisotopic (exact) mass is 270 g/mol. The van der Waals surface area contributed by atoms with E-state index in [1.807, 2.05) is 6.92 Å². The van der Waals surface area contributed by atoms with Crippen LogP contribution in [-0.2, 0) is 0 Å². The number of nitrogens with one attached hydrogen (secondary N) is 1.